The maximum atomic E-state index is 12.5. The zero-order chi connectivity index (χ0) is 16.4. The predicted octanol–water partition coefficient (Wildman–Crippen LogP) is 3.09. The van der Waals surface area contributed by atoms with Crippen molar-refractivity contribution in [2.45, 2.75) is 26.4 Å². The molecule has 0 saturated heterocycles. The summed E-state index contributed by atoms with van der Waals surface area (Å²) in [5.41, 5.74) is 4.04. The zero-order valence-electron chi connectivity index (χ0n) is 13.7. The van der Waals surface area contributed by atoms with Crippen molar-refractivity contribution >= 4 is 10.9 Å². The van der Waals surface area contributed by atoms with Crippen LogP contribution in [0.1, 0.15) is 29.7 Å². The maximum Gasteiger partial charge on any atom is 0.255 e. The first-order valence-corrected chi connectivity index (χ1v) is 7.79. The second-order valence-electron chi connectivity index (χ2n) is 5.99. The monoisotopic (exact) mass is 307 g/mol. The Labute approximate surface area is 135 Å². The lowest BCUT2D eigenvalue weighted by Gasteiger charge is -2.15. The normalized spacial score (nSPS) is 12.5. The summed E-state index contributed by atoms with van der Waals surface area (Å²) < 4.78 is 1.71. The smallest absolute Gasteiger partial charge is 0.255 e. The average molecular weight is 307 g/mol. The third-order valence-corrected chi connectivity index (χ3v) is 4.20. The van der Waals surface area contributed by atoms with Crippen LogP contribution in [0.25, 0.3) is 10.9 Å². The predicted molar refractivity (Wildman–Crippen MR) is 93.4 cm³/mol. The van der Waals surface area contributed by atoms with Gasteiger partial charge in [0.05, 0.1) is 5.52 Å². The van der Waals surface area contributed by atoms with E-state index >= 15 is 0 Å². The van der Waals surface area contributed by atoms with E-state index in [-0.39, 0.29) is 11.6 Å². The van der Waals surface area contributed by atoms with Gasteiger partial charge in [0.2, 0.25) is 0 Å². The molecule has 0 amide bonds. The maximum absolute atomic E-state index is 12.5. The number of para-hydroxylation sites is 1. The fourth-order valence-electron chi connectivity index (χ4n) is 2.81. The van der Waals surface area contributed by atoms with Crippen LogP contribution in [0.2, 0.25) is 0 Å². The third kappa shape index (κ3) is 3.17. The Bertz CT molecular complexity index is 899. The van der Waals surface area contributed by atoms with E-state index in [9.17, 15) is 4.79 Å². The molecule has 2 heterocycles. The molecule has 0 spiro atoms. The van der Waals surface area contributed by atoms with Crippen molar-refractivity contribution in [2.75, 3.05) is 0 Å². The van der Waals surface area contributed by atoms with Crippen LogP contribution in [0.3, 0.4) is 0 Å². The molecule has 0 aliphatic rings. The first kappa shape index (κ1) is 15.4. The largest absolute Gasteiger partial charge is 0.311 e. The zero-order valence-corrected chi connectivity index (χ0v) is 13.7. The van der Waals surface area contributed by atoms with E-state index in [0.29, 0.717) is 6.54 Å². The number of pyridine rings is 2. The van der Waals surface area contributed by atoms with Crippen molar-refractivity contribution in [3.05, 3.63) is 75.8 Å². The number of rotatable bonds is 4. The molecule has 4 nitrogen and oxygen atoms in total. The first-order chi connectivity index (χ1) is 11.1. The summed E-state index contributed by atoms with van der Waals surface area (Å²) in [7, 11) is 1.82. The van der Waals surface area contributed by atoms with Crippen molar-refractivity contribution < 1.29 is 0 Å². The van der Waals surface area contributed by atoms with Crippen LogP contribution in [-0.2, 0) is 13.6 Å². The number of benzene rings is 1. The van der Waals surface area contributed by atoms with E-state index < -0.39 is 0 Å². The first-order valence-electron chi connectivity index (χ1n) is 7.79. The molecule has 2 aromatic heterocycles. The van der Waals surface area contributed by atoms with Gasteiger partial charge in [-0.3, -0.25) is 9.78 Å². The number of hydrogen-bond donors (Lipinski definition) is 1. The van der Waals surface area contributed by atoms with E-state index in [1.165, 1.54) is 0 Å². The van der Waals surface area contributed by atoms with Gasteiger partial charge < -0.3 is 9.88 Å². The van der Waals surface area contributed by atoms with Crippen LogP contribution >= 0.6 is 0 Å². The minimum atomic E-state index is 0.0470. The van der Waals surface area contributed by atoms with Gasteiger partial charge in [-0.15, -0.1) is 0 Å². The Morgan fingerprint density at radius 2 is 2.00 bits per heavy atom. The van der Waals surface area contributed by atoms with Crippen molar-refractivity contribution in [3.8, 4) is 0 Å². The molecule has 3 rings (SSSR count). The molecule has 0 bridgehead atoms. The van der Waals surface area contributed by atoms with Crippen molar-refractivity contribution in [2.24, 2.45) is 7.05 Å². The van der Waals surface area contributed by atoms with E-state index in [1.807, 2.05) is 56.7 Å². The molecule has 118 valence electrons. The van der Waals surface area contributed by atoms with Crippen LogP contribution in [0.15, 0.2) is 53.6 Å². The number of hydrogen-bond acceptors (Lipinski definition) is 3. The highest BCUT2D eigenvalue weighted by molar-refractivity contribution is 5.79. The van der Waals surface area contributed by atoms with Crippen LogP contribution in [-0.4, -0.2) is 9.55 Å². The van der Waals surface area contributed by atoms with Crippen LogP contribution in [0, 0.1) is 6.92 Å². The highest BCUT2D eigenvalue weighted by atomic mass is 16.1. The van der Waals surface area contributed by atoms with Gasteiger partial charge in [-0.05, 0) is 42.5 Å². The molecule has 0 saturated carbocycles. The molecule has 1 aromatic carbocycles. The van der Waals surface area contributed by atoms with Crippen LogP contribution < -0.4 is 10.9 Å². The number of nitrogens with one attached hydrogen (secondary N) is 1. The topological polar surface area (TPSA) is 46.9 Å². The van der Waals surface area contributed by atoms with Gasteiger partial charge in [0.1, 0.15) is 0 Å². The van der Waals surface area contributed by atoms with Gasteiger partial charge in [-0.1, -0.05) is 24.3 Å². The molecular formula is C19H21N3O. The second kappa shape index (κ2) is 6.34. The van der Waals surface area contributed by atoms with Gasteiger partial charge in [-0.2, -0.15) is 0 Å². The van der Waals surface area contributed by atoms with Gasteiger partial charge in [0.25, 0.3) is 5.56 Å². The molecule has 1 atom stereocenters. The SMILES string of the molecule is Cc1cncc(C(C)NCc2cc3ccccc3n(C)c2=O)c1. The van der Waals surface area contributed by atoms with Gasteiger partial charge in [0, 0.05) is 37.6 Å². The average Bonchev–Trinajstić information content (AvgIpc) is 2.56. The quantitative estimate of drug-likeness (QED) is 0.805. The highest BCUT2D eigenvalue weighted by Gasteiger charge is 2.09. The third-order valence-electron chi connectivity index (χ3n) is 4.20. The van der Waals surface area contributed by atoms with Gasteiger partial charge >= 0.3 is 0 Å². The van der Waals surface area contributed by atoms with Crippen LogP contribution in [0.5, 0.6) is 0 Å². The Morgan fingerprint density at radius 3 is 2.78 bits per heavy atom. The summed E-state index contributed by atoms with van der Waals surface area (Å²) in [5, 5.41) is 4.50. The molecule has 3 aromatic rings. The van der Waals surface area contributed by atoms with E-state index in [4.69, 9.17) is 0 Å². The second-order valence-corrected chi connectivity index (χ2v) is 5.99. The lowest BCUT2D eigenvalue weighted by atomic mass is 10.1. The summed E-state index contributed by atoms with van der Waals surface area (Å²) in [6, 6.07) is 12.2. The lowest BCUT2D eigenvalue weighted by Crippen LogP contribution is -2.27. The Balaban J connectivity index is 1.84. The van der Waals surface area contributed by atoms with Crippen LogP contribution in [0.4, 0.5) is 0 Å². The molecule has 1 N–H and O–H groups in total. The number of fused-ring (bicyclic) bond motifs is 1. The Kier molecular flexibility index (Phi) is 4.26. The van der Waals surface area contributed by atoms with E-state index in [0.717, 1.165) is 27.6 Å². The minimum Gasteiger partial charge on any atom is -0.311 e. The lowest BCUT2D eigenvalue weighted by molar-refractivity contribution is 0.568. The molecular weight excluding hydrogens is 286 g/mol. The van der Waals surface area contributed by atoms with E-state index in [1.54, 1.807) is 4.57 Å². The summed E-state index contributed by atoms with van der Waals surface area (Å²) >= 11 is 0. The van der Waals surface area contributed by atoms with Gasteiger partial charge in [-0.25, -0.2) is 0 Å². The fourth-order valence-corrected chi connectivity index (χ4v) is 2.81. The summed E-state index contributed by atoms with van der Waals surface area (Å²) in [6.45, 7) is 4.65. The number of aryl methyl sites for hydroxylation is 2. The molecule has 4 heteroatoms. The van der Waals surface area contributed by atoms with E-state index in [2.05, 4.69) is 23.3 Å². The summed E-state index contributed by atoms with van der Waals surface area (Å²) in [5.74, 6) is 0. The Hall–Kier alpha value is -2.46. The van der Waals surface area contributed by atoms with Crippen molar-refractivity contribution in [1.82, 2.24) is 14.9 Å². The van der Waals surface area contributed by atoms with Gasteiger partial charge in [0.15, 0.2) is 0 Å². The molecule has 0 radical (unpaired) electrons. The Morgan fingerprint density at radius 1 is 1.22 bits per heavy atom. The summed E-state index contributed by atoms with van der Waals surface area (Å²) in [4.78, 5) is 16.7. The van der Waals surface area contributed by atoms with Crippen molar-refractivity contribution in [1.29, 1.82) is 0 Å². The summed E-state index contributed by atoms with van der Waals surface area (Å²) in [6.07, 6.45) is 3.71. The highest BCUT2D eigenvalue weighted by Crippen LogP contribution is 2.15. The minimum absolute atomic E-state index is 0.0470. The molecule has 0 aliphatic heterocycles. The molecule has 23 heavy (non-hydrogen) atoms. The molecule has 1 unspecified atom stereocenters. The standard InChI is InChI=1S/C19H21N3O/c1-13-8-16(11-20-10-13)14(2)21-12-17-9-15-6-4-5-7-18(15)22(3)19(17)23/h4-11,14,21H,12H2,1-3H3. The fraction of sp³-hybridized carbons (Fsp3) is 0.263. The van der Waals surface area contributed by atoms with Crippen molar-refractivity contribution in [3.63, 3.8) is 0 Å². The number of aromatic nitrogens is 2. The molecule has 0 aliphatic carbocycles. The number of nitrogens with zero attached hydrogens (tertiary/aromatic N) is 2. The molecule has 0 fully saturated rings.